The zero-order valence-corrected chi connectivity index (χ0v) is 12.4. The molecule has 0 saturated heterocycles. The zero-order valence-electron chi connectivity index (χ0n) is 12.4. The maximum absolute atomic E-state index is 5.76. The van der Waals surface area contributed by atoms with E-state index in [2.05, 4.69) is 68.4 Å². The van der Waals surface area contributed by atoms with Crippen molar-refractivity contribution in [3.05, 3.63) is 77.9 Å². The van der Waals surface area contributed by atoms with Crippen LogP contribution in [0.2, 0.25) is 0 Å². The molecule has 3 aromatic carbocycles. The first-order valence-corrected chi connectivity index (χ1v) is 7.17. The van der Waals surface area contributed by atoms with Crippen LogP contribution in [0.1, 0.15) is 11.1 Å². The van der Waals surface area contributed by atoms with E-state index in [1.165, 1.54) is 33.4 Å². The number of benzene rings is 3. The van der Waals surface area contributed by atoms with Gasteiger partial charge in [0.05, 0.1) is 0 Å². The van der Waals surface area contributed by atoms with Gasteiger partial charge in [0.2, 0.25) is 0 Å². The summed E-state index contributed by atoms with van der Waals surface area (Å²) in [5, 5.41) is 0. The molecular formula is C20H19N. The predicted molar refractivity (Wildman–Crippen MR) is 91.2 cm³/mol. The minimum Gasteiger partial charge on any atom is -0.399 e. The molecule has 0 aromatic heterocycles. The molecule has 104 valence electrons. The highest BCUT2D eigenvalue weighted by Gasteiger charge is 2.04. The molecule has 0 aliphatic carbocycles. The summed E-state index contributed by atoms with van der Waals surface area (Å²) in [5.74, 6) is 0. The lowest BCUT2D eigenvalue weighted by Crippen LogP contribution is -1.87. The number of hydrogen-bond acceptors (Lipinski definition) is 1. The van der Waals surface area contributed by atoms with Gasteiger partial charge in [-0.3, -0.25) is 0 Å². The van der Waals surface area contributed by atoms with E-state index in [1.807, 2.05) is 12.1 Å². The minimum atomic E-state index is 0.799. The molecule has 0 unspecified atom stereocenters. The minimum absolute atomic E-state index is 0.799. The normalized spacial score (nSPS) is 10.6. The molecule has 1 nitrogen and oxygen atoms in total. The van der Waals surface area contributed by atoms with Gasteiger partial charge in [0.15, 0.2) is 0 Å². The van der Waals surface area contributed by atoms with Gasteiger partial charge in [-0.25, -0.2) is 0 Å². The van der Waals surface area contributed by atoms with E-state index in [-0.39, 0.29) is 0 Å². The fourth-order valence-electron chi connectivity index (χ4n) is 2.58. The van der Waals surface area contributed by atoms with Crippen molar-refractivity contribution in [1.29, 1.82) is 0 Å². The van der Waals surface area contributed by atoms with E-state index < -0.39 is 0 Å². The maximum atomic E-state index is 5.76. The van der Waals surface area contributed by atoms with Gasteiger partial charge in [-0.1, -0.05) is 60.2 Å². The average molecular weight is 273 g/mol. The van der Waals surface area contributed by atoms with Crippen LogP contribution >= 0.6 is 0 Å². The third-order valence-electron chi connectivity index (χ3n) is 3.83. The number of rotatable bonds is 2. The number of nitrogen functional groups attached to an aromatic ring is 1. The van der Waals surface area contributed by atoms with E-state index >= 15 is 0 Å². The van der Waals surface area contributed by atoms with Crippen LogP contribution in [0.3, 0.4) is 0 Å². The van der Waals surface area contributed by atoms with Crippen LogP contribution in [0.15, 0.2) is 66.7 Å². The van der Waals surface area contributed by atoms with Crippen molar-refractivity contribution in [3.8, 4) is 22.3 Å². The van der Waals surface area contributed by atoms with Gasteiger partial charge in [0.1, 0.15) is 0 Å². The quantitative estimate of drug-likeness (QED) is 0.636. The SMILES string of the molecule is Cc1ccc(-c2ccc(-c3ccc(N)cc3)c(C)c2)cc1. The first-order chi connectivity index (χ1) is 10.1. The Bertz CT molecular complexity index is 753. The lowest BCUT2D eigenvalue weighted by molar-refractivity contribution is 1.44. The molecule has 1 heteroatoms. The maximum Gasteiger partial charge on any atom is 0.0314 e. The molecule has 0 bridgehead atoms. The molecule has 0 spiro atoms. The molecule has 0 aliphatic heterocycles. The van der Waals surface area contributed by atoms with Crippen LogP contribution in [0.5, 0.6) is 0 Å². The molecule has 3 aromatic rings. The predicted octanol–water partition coefficient (Wildman–Crippen LogP) is 5.22. The van der Waals surface area contributed by atoms with Crippen molar-refractivity contribution < 1.29 is 0 Å². The summed E-state index contributed by atoms with van der Waals surface area (Å²) >= 11 is 0. The summed E-state index contributed by atoms with van der Waals surface area (Å²) in [5.41, 5.74) is 14.1. The van der Waals surface area contributed by atoms with Crippen LogP contribution in [0.25, 0.3) is 22.3 Å². The van der Waals surface area contributed by atoms with Gasteiger partial charge < -0.3 is 5.73 Å². The molecule has 0 saturated carbocycles. The number of anilines is 1. The standard InChI is InChI=1S/C20H19N/c1-14-3-5-16(6-4-14)18-9-12-20(15(2)13-18)17-7-10-19(21)11-8-17/h3-13H,21H2,1-2H3. The lowest BCUT2D eigenvalue weighted by atomic mass is 9.95. The highest BCUT2D eigenvalue weighted by atomic mass is 14.5. The van der Waals surface area contributed by atoms with Crippen molar-refractivity contribution in [2.75, 3.05) is 5.73 Å². The molecule has 0 fully saturated rings. The summed E-state index contributed by atoms with van der Waals surface area (Å²) in [6.45, 7) is 4.27. The summed E-state index contributed by atoms with van der Waals surface area (Å²) in [6.07, 6.45) is 0. The van der Waals surface area contributed by atoms with Crippen LogP contribution in [-0.2, 0) is 0 Å². The van der Waals surface area contributed by atoms with E-state index in [4.69, 9.17) is 5.73 Å². The molecule has 0 aliphatic rings. The molecule has 0 radical (unpaired) electrons. The second-order valence-electron chi connectivity index (χ2n) is 5.52. The summed E-state index contributed by atoms with van der Waals surface area (Å²) in [7, 11) is 0. The third-order valence-corrected chi connectivity index (χ3v) is 3.83. The van der Waals surface area contributed by atoms with E-state index in [0.29, 0.717) is 0 Å². The van der Waals surface area contributed by atoms with Gasteiger partial charge in [0, 0.05) is 5.69 Å². The van der Waals surface area contributed by atoms with Crippen molar-refractivity contribution >= 4 is 5.69 Å². The molecule has 0 amide bonds. The van der Waals surface area contributed by atoms with Crippen molar-refractivity contribution in [1.82, 2.24) is 0 Å². The Labute approximate surface area is 126 Å². The molecule has 21 heavy (non-hydrogen) atoms. The van der Waals surface area contributed by atoms with Crippen LogP contribution in [0.4, 0.5) is 5.69 Å². The van der Waals surface area contributed by atoms with Crippen LogP contribution < -0.4 is 5.73 Å². The third kappa shape index (κ3) is 2.82. The first kappa shape index (κ1) is 13.4. The number of nitrogens with two attached hydrogens (primary N) is 1. The van der Waals surface area contributed by atoms with Gasteiger partial charge >= 0.3 is 0 Å². The van der Waals surface area contributed by atoms with Crippen molar-refractivity contribution in [2.45, 2.75) is 13.8 Å². The average Bonchev–Trinajstić information content (AvgIpc) is 2.49. The first-order valence-electron chi connectivity index (χ1n) is 7.17. The Morgan fingerprint density at radius 1 is 0.619 bits per heavy atom. The topological polar surface area (TPSA) is 26.0 Å². The fourth-order valence-corrected chi connectivity index (χ4v) is 2.58. The number of aryl methyl sites for hydroxylation is 2. The molecule has 0 atom stereocenters. The Balaban J connectivity index is 1.99. The lowest BCUT2D eigenvalue weighted by Gasteiger charge is -2.10. The highest BCUT2D eigenvalue weighted by Crippen LogP contribution is 2.29. The van der Waals surface area contributed by atoms with Crippen LogP contribution in [-0.4, -0.2) is 0 Å². The largest absolute Gasteiger partial charge is 0.399 e. The van der Waals surface area contributed by atoms with Crippen LogP contribution in [0, 0.1) is 13.8 Å². The molecule has 3 rings (SSSR count). The van der Waals surface area contributed by atoms with E-state index in [0.717, 1.165) is 5.69 Å². The van der Waals surface area contributed by atoms with Gasteiger partial charge in [-0.2, -0.15) is 0 Å². The van der Waals surface area contributed by atoms with Gasteiger partial charge in [0.25, 0.3) is 0 Å². The second kappa shape index (κ2) is 5.45. The number of hydrogen-bond donors (Lipinski definition) is 1. The fraction of sp³-hybridized carbons (Fsp3) is 0.100. The highest BCUT2D eigenvalue weighted by molar-refractivity contribution is 5.74. The second-order valence-corrected chi connectivity index (χ2v) is 5.52. The molecule has 0 heterocycles. The Morgan fingerprint density at radius 2 is 1.19 bits per heavy atom. The summed E-state index contributed by atoms with van der Waals surface area (Å²) in [6, 6.07) is 23.3. The van der Waals surface area contributed by atoms with Crippen molar-refractivity contribution in [3.63, 3.8) is 0 Å². The Morgan fingerprint density at radius 3 is 1.81 bits per heavy atom. The van der Waals surface area contributed by atoms with Gasteiger partial charge in [-0.05, 0) is 53.8 Å². The Kier molecular flexibility index (Phi) is 3.49. The molecule has 2 N–H and O–H groups in total. The summed E-state index contributed by atoms with van der Waals surface area (Å²) in [4.78, 5) is 0. The smallest absolute Gasteiger partial charge is 0.0314 e. The van der Waals surface area contributed by atoms with Gasteiger partial charge in [-0.15, -0.1) is 0 Å². The Hall–Kier alpha value is -2.54. The summed E-state index contributed by atoms with van der Waals surface area (Å²) < 4.78 is 0. The van der Waals surface area contributed by atoms with Crippen molar-refractivity contribution in [2.24, 2.45) is 0 Å². The van der Waals surface area contributed by atoms with E-state index in [1.54, 1.807) is 0 Å². The molecular weight excluding hydrogens is 254 g/mol. The monoisotopic (exact) mass is 273 g/mol. The van der Waals surface area contributed by atoms with E-state index in [9.17, 15) is 0 Å². The zero-order chi connectivity index (χ0) is 14.8.